The van der Waals surface area contributed by atoms with Crippen molar-refractivity contribution in [2.75, 3.05) is 13.1 Å². The van der Waals surface area contributed by atoms with E-state index in [1.807, 2.05) is 30.3 Å². The molecule has 1 amide bonds. The number of alkyl halides is 2. The van der Waals surface area contributed by atoms with Crippen LogP contribution in [0.3, 0.4) is 0 Å². The Morgan fingerprint density at radius 3 is 2.76 bits per heavy atom. The van der Waals surface area contributed by atoms with Gasteiger partial charge >= 0.3 is 0 Å². The zero-order valence-corrected chi connectivity index (χ0v) is 15.6. The maximum atomic E-state index is 14.4. The molecule has 1 atom stereocenters. The zero-order chi connectivity index (χ0) is 20.6. The Bertz CT molecular complexity index is 1050. The summed E-state index contributed by atoms with van der Waals surface area (Å²) in [6.45, 7) is 1.14. The molecule has 5 nitrogen and oxygen atoms in total. The van der Waals surface area contributed by atoms with Crippen LogP contribution in [0.1, 0.15) is 21.7 Å². The second-order valence-electron chi connectivity index (χ2n) is 7.00. The molecule has 1 saturated heterocycles. The standard InChI is InChI=1S/C21H19F3N2O3/c1-12-19(20(27)26-18-9-25-11-21(18,23)24)14-7-17(15(22)8-16(14)29-12)28-10-13-5-3-2-4-6-13/h2-8,18,25H,9-11H2,1H3,(H,26,27). The molecule has 3 aromatic rings. The van der Waals surface area contributed by atoms with Crippen molar-refractivity contribution in [1.82, 2.24) is 10.6 Å². The predicted molar refractivity (Wildman–Crippen MR) is 101 cm³/mol. The molecule has 1 aliphatic rings. The quantitative estimate of drug-likeness (QED) is 0.679. The van der Waals surface area contributed by atoms with Crippen molar-refractivity contribution in [1.29, 1.82) is 0 Å². The number of furan rings is 1. The number of aryl methyl sites for hydroxylation is 1. The van der Waals surface area contributed by atoms with E-state index >= 15 is 0 Å². The molecule has 2 N–H and O–H groups in total. The maximum Gasteiger partial charge on any atom is 0.281 e. The Labute approximate surface area is 164 Å². The van der Waals surface area contributed by atoms with Crippen LogP contribution < -0.4 is 15.4 Å². The van der Waals surface area contributed by atoms with Gasteiger partial charge in [0.15, 0.2) is 11.6 Å². The fourth-order valence-corrected chi connectivity index (χ4v) is 3.39. The van der Waals surface area contributed by atoms with E-state index in [0.717, 1.165) is 11.6 Å². The van der Waals surface area contributed by atoms with Crippen LogP contribution in [-0.4, -0.2) is 31.0 Å². The number of carbonyl (C=O) groups excluding carboxylic acids is 1. The van der Waals surface area contributed by atoms with E-state index in [1.165, 1.54) is 13.0 Å². The van der Waals surface area contributed by atoms with Gasteiger partial charge in [-0.2, -0.15) is 0 Å². The lowest BCUT2D eigenvalue weighted by atomic mass is 10.1. The predicted octanol–water partition coefficient (Wildman–Crippen LogP) is 3.80. The summed E-state index contributed by atoms with van der Waals surface area (Å²) < 4.78 is 53.1. The first-order valence-corrected chi connectivity index (χ1v) is 9.14. The molecule has 0 spiro atoms. The van der Waals surface area contributed by atoms with Crippen molar-refractivity contribution in [3.05, 3.63) is 65.2 Å². The van der Waals surface area contributed by atoms with Crippen molar-refractivity contribution in [3.8, 4) is 5.75 Å². The summed E-state index contributed by atoms with van der Waals surface area (Å²) in [4.78, 5) is 12.7. The zero-order valence-electron chi connectivity index (χ0n) is 15.6. The van der Waals surface area contributed by atoms with Gasteiger partial charge in [0.05, 0.1) is 12.1 Å². The lowest BCUT2D eigenvalue weighted by Crippen LogP contribution is -2.46. The van der Waals surface area contributed by atoms with Gasteiger partial charge in [-0.05, 0) is 18.6 Å². The molecule has 1 unspecified atom stereocenters. The first-order valence-electron chi connectivity index (χ1n) is 9.14. The molecule has 0 radical (unpaired) electrons. The highest BCUT2D eigenvalue weighted by molar-refractivity contribution is 6.07. The van der Waals surface area contributed by atoms with Crippen molar-refractivity contribution in [3.63, 3.8) is 0 Å². The summed E-state index contributed by atoms with van der Waals surface area (Å²) in [6, 6.07) is 10.4. The first kappa shape index (κ1) is 19.3. The van der Waals surface area contributed by atoms with Crippen LogP contribution >= 0.6 is 0 Å². The van der Waals surface area contributed by atoms with Gasteiger partial charge in [-0.3, -0.25) is 4.79 Å². The average Bonchev–Trinajstić information content (AvgIpc) is 3.18. The molecule has 1 fully saturated rings. The van der Waals surface area contributed by atoms with E-state index in [2.05, 4.69) is 10.6 Å². The summed E-state index contributed by atoms with van der Waals surface area (Å²) in [5.74, 6) is -4.22. The number of carbonyl (C=O) groups is 1. The normalized spacial score (nSPS) is 18.1. The Kier molecular flexibility index (Phi) is 4.96. The van der Waals surface area contributed by atoms with Crippen molar-refractivity contribution >= 4 is 16.9 Å². The fourth-order valence-electron chi connectivity index (χ4n) is 3.39. The monoisotopic (exact) mass is 404 g/mol. The lowest BCUT2D eigenvalue weighted by Gasteiger charge is -2.19. The van der Waals surface area contributed by atoms with Crippen LogP contribution in [0.4, 0.5) is 13.2 Å². The van der Waals surface area contributed by atoms with Crippen LogP contribution in [-0.2, 0) is 6.61 Å². The van der Waals surface area contributed by atoms with Crippen molar-refractivity contribution < 1.29 is 27.1 Å². The third kappa shape index (κ3) is 3.80. The minimum Gasteiger partial charge on any atom is -0.486 e. The molecule has 1 aromatic heterocycles. The van der Waals surface area contributed by atoms with E-state index in [4.69, 9.17) is 9.15 Å². The van der Waals surface area contributed by atoms with E-state index in [9.17, 15) is 18.0 Å². The second-order valence-corrected chi connectivity index (χ2v) is 7.00. The largest absolute Gasteiger partial charge is 0.486 e. The fraction of sp³-hybridized carbons (Fsp3) is 0.286. The summed E-state index contributed by atoms with van der Waals surface area (Å²) in [6.07, 6.45) is 0. The van der Waals surface area contributed by atoms with Crippen molar-refractivity contribution in [2.24, 2.45) is 0 Å². The highest BCUT2D eigenvalue weighted by Crippen LogP contribution is 2.32. The van der Waals surface area contributed by atoms with Crippen LogP contribution in [0.25, 0.3) is 11.0 Å². The van der Waals surface area contributed by atoms with E-state index in [1.54, 1.807) is 0 Å². The molecule has 2 aromatic carbocycles. The van der Waals surface area contributed by atoms with Gasteiger partial charge in [-0.25, -0.2) is 13.2 Å². The summed E-state index contributed by atoms with van der Waals surface area (Å²) in [5, 5.41) is 5.21. The smallest absolute Gasteiger partial charge is 0.281 e. The summed E-state index contributed by atoms with van der Waals surface area (Å²) in [5.41, 5.74) is 1.09. The van der Waals surface area contributed by atoms with Gasteiger partial charge in [-0.1, -0.05) is 30.3 Å². The molecule has 152 valence electrons. The number of nitrogens with one attached hydrogen (secondary N) is 2. The topological polar surface area (TPSA) is 63.5 Å². The number of fused-ring (bicyclic) bond motifs is 1. The molecule has 0 bridgehead atoms. The summed E-state index contributed by atoms with van der Waals surface area (Å²) >= 11 is 0. The summed E-state index contributed by atoms with van der Waals surface area (Å²) in [7, 11) is 0. The molecule has 8 heteroatoms. The Morgan fingerprint density at radius 1 is 1.31 bits per heavy atom. The van der Waals surface area contributed by atoms with Crippen LogP contribution in [0.2, 0.25) is 0 Å². The lowest BCUT2D eigenvalue weighted by molar-refractivity contribution is -0.00247. The third-order valence-electron chi connectivity index (χ3n) is 4.91. The Hall–Kier alpha value is -3.00. The van der Waals surface area contributed by atoms with Gasteiger partial charge in [0.25, 0.3) is 11.8 Å². The number of hydrogen-bond acceptors (Lipinski definition) is 4. The number of halogens is 3. The molecular weight excluding hydrogens is 385 g/mol. The minimum absolute atomic E-state index is 0.0341. The molecule has 2 heterocycles. The average molecular weight is 404 g/mol. The maximum absolute atomic E-state index is 14.4. The van der Waals surface area contributed by atoms with E-state index in [0.29, 0.717) is 5.39 Å². The molecular formula is C21H19F3N2O3. The van der Waals surface area contributed by atoms with Gasteiger partial charge in [0.2, 0.25) is 0 Å². The first-order chi connectivity index (χ1) is 13.8. The molecule has 29 heavy (non-hydrogen) atoms. The highest BCUT2D eigenvalue weighted by atomic mass is 19.3. The van der Waals surface area contributed by atoms with Crippen LogP contribution in [0.5, 0.6) is 5.75 Å². The molecule has 1 aliphatic heterocycles. The number of rotatable bonds is 5. The second kappa shape index (κ2) is 7.44. The Balaban J connectivity index is 1.62. The van der Waals surface area contributed by atoms with Gasteiger partial charge < -0.3 is 19.8 Å². The molecule has 0 saturated carbocycles. The van der Waals surface area contributed by atoms with Gasteiger partial charge in [0.1, 0.15) is 24.0 Å². The molecule has 0 aliphatic carbocycles. The minimum atomic E-state index is -3.04. The van der Waals surface area contributed by atoms with E-state index < -0.39 is 30.2 Å². The van der Waals surface area contributed by atoms with E-state index in [-0.39, 0.29) is 35.8 Å². The number of amides is 1. The molecule has 4 rings (SSSR count). The van der Waals surface area contributed by atoms with Crippen molar-refractivity contribution in [2.45, 2.75) is 25.5 Å². The van der Waals surface area contributed by atoms with Crippen LogP contribution in [0, 0.1) is 12.7 Å². The highest BCUT2D eigenvalue weighted by Gasteiger charge is 2.45. The third-order valence-corrected chi connectivity index (χ3v) is 4.91. The number of hydrogen-bond donors (Lipinski definition) is 2. The SMILES string of the molecule is Cc1oc2cc(F)c(OCc3ccccc3)cc2c1C(=O)NC1CNCC1(F)F. The number of ether oxygens (including phenoxy) is 1. The van der Waals surface area contributed by atoms with Gasteiger partial charge in [-0.15, -0.1) is 0 Å². The number of benzene rings is 2. The van der Waals surface area contributed by atoms with Crippen LogP contribution in [0.15, 0.2) is 46.9 Å². The Morgan fingerprint density at radius 2 is 2.07 bits per heavy atom. The van der Waals surface area contributed by atoms with Gasteiger partial charge in [0, 0.05) is 18.0 Å².